The maximum atomic E-state index is 11.2. The molecule has 0 aliphatic rings. The number of nitrogens with two attached hydrogens (primary N) is 1. The van der Waals surface area contributed by atoms with Gasteiger partial charge in [0.25, 0.3) is 0 Å². The highest BCUT2D eigenvalue weighted by Gasteiger charge is 2.20. The predicted molar refractivity (Wildman–Crippen MR) is 68.5 cm³/mol. The Kier molecular flexibility index (Phi) is 5.70. The van der Waals surface area contributed by atoms with Crippen molar-refractivity contribution in [3.63, 3.8) is 0 Å². The third-order valence-corrected chi connectivity index (χ3v) is 3.05. The van der Waals surface area contributed by atoms with Crippen molar-refractivity contribution in [3.05, 3.63) is 35.9 Å². The van der Waals surface area contributed by atoms with Gasteiger partial charge in [0.15, 0.2) is 0 Å². The molecule has 0 heterocycles. The zero-order valence-electron chi connectivity index (χ0n) is 10.6. The van der Waals surface area contributed by atoms with E-state index < -0.39 is 6.04 Å². The van der Waals surface area contributed by atoms with Crippen molar-refractivity contribution >= 4 is 5.97 Å². The molecule has 2 unspecified atom stereocenters. The van der Waals surface area contributed by atoms with Crippen molar-refractivity contribution in [2.24, 2.45) is 11.7 Å². The minimum Gasteiger partial charge on any atom is -0.468 e. The van der Waals surface area contributed by atoms with Crippen molar-refractivity contribution in [1.82, 2.24) is 0 Å². The van der Waals surface area contributed by atoms with Crippen molar-refractivity contribution in [2.75, 3.05) is 7.11 Å². The molecule has 0 bridgehead atoms. The lowest BCUT2D eigenvalue weighted by Gasteiger charge is -2.17. The number of carbonyl (C=O) groups is 1. The fourth-order valence-corrected chi connectivity index (χ4v) is 1.82. The molecule has 17 heavy (non-hydrogen) atoms. The Balaban J connectivity index is 2.29. The van der Waals surface area contributed by atoms with E-state index in [9.17, 15) is 4.79 Å². The largest absolute Gasteiger partial charge is 0.468 e. The molecule has 0 amide bonds. The maximum absolute atomic E-state index is 11.2. The molecule has 0 saturated carbocycles. The van der Waals surface area contributed by atoms with E-state index in [1.165, 1.54) is 12.7 Å². The summed E-state index contributed by atoms with van der Waals surface area (Å²) in [5, 5.41) is 0. The standard InChI is InChI=1S/C14H21NO2/c1-11(13(15)14(16)17-2)7-6-10-12-8-4-3-5-9-12/h3-5,8-9,11,13H,6-7,10,15H2,1-2H3. The Morgan fingerprint density at radius 2 is 2.00 bits per heavy atom. The number of methoxy groups -OCH3 is 1. The van der Waals surface area contributed by atoms with Gasteiger partial charge in [-0.15, -0.1) is 0 Å². The smallest absolute Gasteiger partial charge is 0.322 e. The minimum atomic E-state index is -0.504. The van der Waals surface area contributed by atoms with Crippen LogP contribution in [0, 0.1) is 5.92 Å². The zero-order valence-corrected chi connectivity index (χ0v) is 10.6. The SMILES string of the molecule is COC(=O)C(N)C(C)CCCc1ccccc1. The van der Waals surface area contributed by atoms with Gasteiger partial charge in [0.2, 0.25) is 0 Å². The quantitative estimate of drug-likeness (QED) is 0.769. The van der Waals surface area contributed by atoms with Crippen molar-refractivity contribution in [3.8, 4) is 0 Å². The first-order valence-corrected chi connectivity index (χ1v) is 6.02. The van der Waals surface area contributed by atoms with Crippen LogP contribution in [-0.2, 0) is 16.0 Å². The van der Waals surface area contributed by atoms with E-state index in [0.29, 0.717) is 0 Å². The maximum Gasteiger partial charge on any atom is 0.322 e. The van der Waals surface area contributed by atoms with Gasteiger partial charge in [-0.05, 0) is 30.7 Å². The fourth-order valence-electron chi connectivity index (χ4n) is 1.82. The first-order valence-electron chi connectivity index (χ1n) is 6.02. The first kappa shape index (κ1) is 13.7. The van der Waals surface area contributed by atoms with E-state index in [2.05, 4.69) is 16.9 Å². The topological polar surface area (TPSA) is 52.3 Å². The molecule has 1 aromatic carbocycles. The highest BCUT2D eigenvalue weighted by atomic mass is 16.5. The van der Waals surface area contributed by atoms with Gasteiger partial charge in [-0.3, -0.25) is 4.79 Å². The third-order valence-electron chi connectivity index (χ3n) is 3.05. The lowest BCUT2D eigenvalue weighted by atomic mass is 9.95. The Morgan fingerprint density at radius 1 is 1.35 bits per heavy atom. The molecule has 0 fully saturated rings. The van der Waals surface area contributed by atoms with Crippen LogP contribution in [0.25, 0.3) is 0 Å². The molecule has 1 rings (SSSR count). The van der Waals surface area contributed by atoms with Gasteiger partial charge < -0.3 is 10.5 Å². The molecular weight excluding hydrogens is 214 g/mol. The van der Waals surface area contributed by atoms with Crippen LogP contribution in [0.1, 0.15) is 25.3 Å². The first-order chi connectivity index (χ1) is 8.15. The number of aryl methyl sites for hydroxylation is 1. The minimum absolute atomic E-state index is 0.158. The molecule has 0 radical (unpaired) electrons. The normalized spacial score (nSPS) is 14.1. The van der Waals surface area contributed by atoms with E-state index in [1.54, 1.807) is 0 Å². The van der Waals surface area contributed by atoms with Crippen molar-refractivity contribution in [1.29, 1.82) is 0 Å². The zero-order chi connectivity index (χ0) is 12.7. The molecule has 2 atom stereocenters. The summed E-state index contributed by atoms with van der Waals surface area (Å²) in [6.45, 7) is 1.99. The molecule has 3 nitrogen and oxygen atoms in total. The Hall–Kier alpha value is -1.35. The molecule has 0 aliphatic heterocycles. The second-order valence-corrected chi connectivity index (χ2v) is 4.40. The van der Waals surface area contributed by atoms with Crippen LogP contribution in [-0.4, -0.2) is 19.1 Å². The lowest BCUT2D eigenvalue weighted by Crippen LogP contribution is -2.37. The van der Waals surface area contributed by atoms with Crippen molar-refractivity contribution < 1.29 is 9.53 Å². The highest BCUT2D eigenvalue weighted by molar-refractivity contribution is 5.75. The van der Waals surface area contributed by atoms with Gasteiger partial charge >= 0.3 is 5.97 Å². The average molecular weight is 235 g/mol. The lowest BCUT2D eigenvalue weighted by molar-refractivity contribution is -0.143. The van der Waals surface area contributed by atoms with Gasteiger partial charge in [0, 0.05) is 0 Å². The van der Waals surface area contributed by atoms with E-state index in [0.717, 1.165) is 19.3 Å². The molecule has 2 N–H and O–H groups in total. The molecule has 94 valence electrons. The molecule has 0 spiro atoms. The van der Waals surface area contributed by atoms with E-state index >= 15 is 0 Å². The highest BCUT2D eigenvalue weighted by Crippen LogP contribution is 2.13. The van der Waals surface area contributed by atoms with Crippen molar-refractivity contribution in [2.45, 2.75) is 32.2 Å². The van der Waals surface area contributed by atoms with Crippen LogP contribution in [0.3, 0.4) is 0 Å². The van der Waals surface area contributed by atoms with Crippen LogP contribution >= 0.6 is 0 Å². The summed E-state index contributed by atoms with van der Waals surface area (Å²) in [5.74, 6) is -0.164. The molecule has 0 saturated heterocycles. The summed E-state index contributed by atoms with van der Waals surface area (Å²) < 4.78 is 4.63. The summed E-state index contributed by atoms with van der Waals surface area (Å²) in [6.07, 6.45) is 3.00. The molecule has 3 heteroatoms. The predicted octanol–water partition coefficient (Wildman–Crippen LogP) is 2.15. The summed E-state index contributed by atoms with van der Waals surface area (Å²) in [4.78, 5) is 11.2. The van der Waals surface area contributed by atoms with Crippen LogP contribution in [0.2, 0.25) is 0 Å². The van der Waals surface area contributed by atoms with Crippen LogP contribution in [0.4, 0.5) is 0 Å². The molecular formula is C14H21NO2. The average Bonchev–Trinajstić information content (AvgIpc) is 2.38. The Morgan fingerprint density at radius 3 is 2.59 bits per heavy atom. The fraction of sp³-hybridized carbons (Fsp3) is 0.500. The summed E-state index contributed by atoms with van der Waals surface area (Å²) in [7, 11) is 1.37. The number of rotatable bonds is 6. The number of esters is 1. The number of ether oxygens (including phenoxy) is 1. The van der Waals surface area contributed by atoms with Crippen LogP contribution in [0.5, 0.6) is 0 Å². The van der Waals surface area contributed by atoms with Gasteiger partial charge in [-0.2, -0.15) is 0 Å². The number of hydrogen-bond donors (Lipinski definition) is 1. The molecule has 0 aromatic heterocycles. The third kappa shape index (κ3) is 4.57. The van der Waals surface area contributed by atoms with Crippen LogP contribution < -0.4 is 5.73 Å². The van der Waals surface area contributed by atoms with Gasteiger partial charge in [-0.25, -0.2) is 0 Å². The number of carbonyl (C=O) groups excluding carboxylic acids is 1. The molecule has 1 aromatic rings. The van der Waals surface area contributed by atoms with Gasteiger partial charge in [-0.1, -0.05) is 37.3 Å². The summed E-state index contributed by atoms with van der Waals surface area (Å²) in [6, 6.07) is 9.82. The van der Waals surface area contributed by atoms with Gasteiger partial charge in [0.05, 0.1) is 7.11 Å². The van der Waals surface area contributed by atoms with E-state index in [-0.39, 0.29) is 11.9 Å². The van der Waals surface area contributed by atoms with Gasteiger partial charge in [0.1, 0.15) is 6.04 Å². The summed E-state index contributed by atoms with van der Waals surface area (Å²) in [5.41, 5.74) is 7.10. The number of hydrogen-bond acceptors (Lipinski definition) is 3. The monoisotopic (exact) mass is 235 g/mol. The Bertz CT molecular complexity index is 337. The Labute approximate surface area is 103 Å². The second kappa shape index (κ2) is 7.07. The van der Waals surface area contributed by atoms with E-state index in [4.69, 9.17) is 5.73 Å². The molecule has 0 aliphatic carbocycles. The second-order valence-electron chi connectivity index (χ2n) is 4.40. The number of benzene rings is 1. The van der Waals surface area contributed by atoms with Crippen LogP contribution in [0.15, 0.2) is 30.3 Å². The summed E-state index contributed by atoms with van der Waals surface area (Å²) >= 11 is 0. The van der Waals surface area contributed by atoms with E-state index in [1.807, 2.05) is 25.1 Å².